The van der Waals surface area contributed by atoms with Crippen LogP contribution in [0.4, 0.5) is 5.69 Å². The molecule has 28 heavy (non-hydrogen) atoms. The van der Waals surface area contributed by atoms with Gasteiger partial charge in [-0.05, 0) is 70.5 Å². The number of carbonyl (C=O) groups excluding carboxylic acids is 1. The molecule has 1 saturated heterocycles. The maximum Gasteiger partial charge on any atom is 0.264 e. The Bertz CT molecular complexity index is 995. The highest BCUT2D eigenvalue weighted by Crippen LogP contribution is 2.39. The number of benzene rings is 2. The van der Waals surface area contributed by atoms with Crippen LogP contribution >= 0.6 is 50.9 Å². The number of nitrogens with one attached hydrogen (secondary N) is 1. The number of amides is 1. The van der Waals surface area contributed by atoms with Crippen LogP contribution < -0.4 is 14.8 Å². The zero-order chi connectivity index (χ0) is 20.3. The standard InChI is InChI=1S/C19H15BrCl2N2O3S/c1-3-27-17-11(20)7-10(8-14(17)26-2)9-15-18(25)24-19(28-15)23-13-6-4-5-12(21)16(13)22/h4-9H,3H2,1-2H3,(H,23,24,25)/b15-9-. The van der Waals surface area contributed by atoms with E-state index in [4.69, 9.17) is 32.7 Å². The Labute approximate surface area is 185 Å². The minimum Gasteiger partial charge on any atom is -0.493 e. The Kier molecular flexibility index (Phi) is 6.93. The fraction of sp³-hybridized carbons (Fsp3) is 0.158. The average molecular weight is 502 g/mol. The van der Waals surface area contributed by atoms with Crippen LogP contribution in [-0.4, -0.2) is 24.8 Å². The lowest BCUT2D eigenvalue weighted by Gasteiger charge is -2.12. The van der Waals surface area contributed by atoms with Crippen molar-refractivity contribution in [3.63, 3.8) is 0 Å². The van der Waals surface area contributed by atoms with Crippen LogP contribution in [-0.2, 0) is 4.79 Å². The van der Waals surface area contributed by atoms with Crippen molar-refractivity contribution in [2.24, 2.45) is 4.99 Å². The lowest BCUT2D eigenvalue weighted by Crippen LogP contribution is -2.19. The molecule has 5 nitrogen and oxygen atoms in total. The summed E-state index contributed by atoms with van der Waals surface area (Å²) in [4.78, 5) is 17.2. The summed E-state index contributed by atoms with van der Waals surface area (Å²) in [5, 5.41) is 3.90. The summed E-state index contributed by atoms with van der Waals surface area (Å²) in [6.45, 7) is 2.41. The molecule has 0 aromatic heterocycles. The second-order valence-electron chi connectivity index (χ2n) is 5.52. The number of carbonyl (C=O) groups is 1. The Morgan fingerprint density at radius 1 is 1.32 bits per heavy atom. The molecule has 2 aromatic rings. The van der Waals surface area contributed by atoms with Gasteiger partial charge in [0.15, 0.2) is 16.7 Å². The van der Waals surface area contributed by atoms with Crippen molar-refractivity contribution >= 4 is 73.7 Å². The first-order valence-electron chi connectivity index (χ1n) is 8.16. The number of ether oxygens (including phenoxy) is 2. The third kappa shape index (κ3) is 4.66. The van der Waals surface area contributed by atoms with E-state index in [-0.39, 0.29) is 5.91 Å². The van der Waals surface area contributed by atoms with Crippen LogP contribution in [0.5, 0.6) is 11.5 Å². The fourth-order valence-corrected chi connectivity index (χ4v) is 4.17. The maximum absolute atomic E-state index is 12.3. The topological polar surface area (TPSA) is 59.9 Å². The van der Waals surface area contributed by atoms with Gasteiger partial charge in [0.05, 0.1) is 38.8 Å². The van der Waals surface area contributed by atoms with E-state index in [0.717, 1.165) is 10.0 Å². The molecule has 1 aliphatic heterocycles. The number of rotatable bonds is 5. The number of amidine groups is 1. The summed E-state index contributed by atoms with van der Waals surface area (Å²) in [5.74, 6) is 0.950. The Balaban J connectivity index is 1.90. The molecule has 1 heterocycles. The van der Waals surface area contributed by atoms with E-state index in [1.54, 1.807) is 37.5 Å². The summed E-state index contributed by atoms with van der Waals surface area (Å²) in [7, 11) is 1.57. The Hall–Kier alpha value is -1.67. The average Bonchev–Trinajstić information content (AvgIpc) is 3.00. The van der Waals surface area contributed by atoms with Gasteiger partial charge in [0.2, 0.25) is 0 Å². The van der Waals surface area contributed by atoms with Crippen molar-refractivity contribution < 1.29 is 14.3 Å². The predicted molar refractivity (Wildman–Crippen MR) is 119 cm³/mol. The summed E-state index contributed by atoms with van der Waals surface area (Å²) >= 11 is 16.9. The molecule has 0 unspecified atom stereocenters. The number of aliphatic imine (C=N–C) groups is 1. The molecular weight excluding hydrogens is 487 g/mol. The highest BCUT2D eigenvalue weighted by Gasteiger charge is 2.24. The fourth-order valence-electron chi connectivity index (χ4n) is 2.43. The number of methoxy groups -OCH3 is 1. The van der Waals surface area contributed by atoms with Gasteiger partial charge >= 0.3 is 0 Å². The zero-order valence-electron chi connectivity index (χ0n) is 14.9. The monoisotopic (exact) mass is 500 g/mol. The van der Waals surface area contributed by atoms with Gasteiger partial charge in [-0.2, -0.15) is 0 Å². The molecule has 0 saturated carbocycles. The summed E-state index contributed by atoms with van der Waals surface area (Å²) in [5.41, 5.74) is 1.27. The molecule has 2 aromatic carbocycles. The zero-order valence-corrected chi connectivity index (χ0v) is 18.8. The van der Waals surface area contributed by atoms with Crippen LogP contribution in [0.15, 0.2) is 44.7 Å². The van der Waals surface area contributed by atoms with Crippen molar-refractivity contribution in [3.8, 4) is 11.5 Å². The molecule has 0 radical (unpaired) electrons. The molecule has 1 amide bonds. The number of thioether (sulfide) groups is 1. The van der Waals surface area contributed by atoms with E-state index < -0.39 is 0 Å². The summed E-state index contributed by atoms with van der Waals surface area (Å²) < 4.78 is 11.7. The van der Waals surface area contributed by atoms with E-state index in [0.29, 0.717) is 43.9 Å². The van der Waals surface area contributed by atoms with Crippen molar-refractivity contribution in [2.45, 2.75) is 6.92 Å². The lowest BCUT2D eigenvalue weighted by molar-refractivity contribution is -0.115. The van der Waals surface area contributed by atoms with E-state index in [9.17, 15) is 4.79 Å². The number of hydrogen-bond donors (Lipinski definition) is 1. The van der Waals surface area contributed by atoms with Gasteiger partial charge in [-0.3, -0.25) is 4.79 Å². The van der Waals surface area contributed by atoms with Gasteiger partial charge < -0.3 is 14.8 Å². The Morgan fingerprint density at radius 2 is 2.11 bits per heavy atom. The van der Waals surface area contributed by atoms with Crippen molar-refractivity contribution in [1.82, 2.24) is 5.32 Å². The molecule has 1 fully saturated rings. The predicted octanol–water partition coefficient (Wildman–Crippen LogP) is 6.05. The first-order valence-corrected chi connectivity index (χ1v) is 10.5. The lowest BCUT2D eigenvalue weighted by atomic mass is 10.2. The SMILES string of the molecule is CCOc1c(Br)cc(/C=C2\SC(=Nc3cccc(Cl)c3Cl)NC2=O)cc1OC. The second-order valence-corrected chi connectivity index (χ2v) is 8.19. The number of nitrogens with zero attached hydrogens (tertiary/aromatic N) is 1. The second kappa shape index (κ2) is 9.22. The molecule has 146 valence electrons. The van der Waals surface area contributed by atoms with E-state index in [2.05, 4.69) is 26.2 Å². The molecule has 1 N–H and O–H groups in total. The Morgan fingerprint density at radius 3 is 2.82 bits per heavy atom. The highest BCUT2D eigenvalue weighted by atomic mass is 79.9. The third-order valence-corrected chi connectivity index (χ3v) is 5.95. The van der Waals surface area contributed by atoms with Gasteiger partial charge in [0.25, 0.3) is 5.91 Å². The quantitative estimate of drug-likeness (QED) is 0.506. The molecule has 1 aliphatic rings. The van der Waals surface area contributed by atoms with Gasteiger partial charge in [0, 0.05) is 0 Å². The van der Waals surface area contributed by atoms with Crippen LogP contribution in [0.25, 0.3) is 6.08 Å². The molecule has 0 spiro atoms. The molecule has 3 rings (SSSR count). The van der Waals surface area contributed by atoms with Crippen molar-refractivity contribution in [1.29, 1.82) is 0 Å². The minimum absolute atomic E-state index is 0.245. The smallest absolute Gasteiger partial charge is 0.264 e. The molecular formula is C19H15BrCl2N2O3S. The van der Waals surface area contributed by atoms with Crippen molar-refractivity contribution in [3.05, 3.63) is 55.3 Å². The number of halogens is 3. The normalized spacial score (nSPS) is 16.5. The first kappa shape index (κ1) is 21.0. The maximum atomic E-state index is 12.3. The van der Waals surface area contributed by atoms with E-state index in [1.165, 1.54) is 11.8 Å². The van der Waals surface area contributed by atoms with Crippen LogP contribution in [0, 0.1) is 0 Å². The molecule has 0 bridgehead atoms. The largest absolute Gasteiger partial charge is 0.493 e. The molecule has 0 atom stereocenters. The number of hydrogen-bond acceptors (Lipinski definition) is 5. The van der Waals surface area contributed by atoms with Crippen LogP contribution in [0.3, 0.4) is 0 Å². The molecule has 9 heteroatoms. The third-order valence-electron chi connectivity index (χ3n) is 3.64. The van der Waals surface area contributed by atoms with Gasteiger partial charge in [0.1, 0.15) is 0 Å². The molecule has 0 aliphatic carbocycles. The van der Waals surface area contributed by atoms with Crippen LogP contribution in [0.1, 0.15) is 12.5 Å². The van der Waals surface area contributed by atoms with Crippen molar-refractivity contribution in [2.75, 3.05) is 13.7 Å². The highest BCUT2D eigenvalue weighted by molar-refractivity contribution is 9.10. The van der Waals surface area contributed by atoms with Gasteiger partial charge in [-0.25, -0.2) is 4.99 Å². The van der Waals surface area contributed by atoms with Crippen LogP contribution in [0.2, 0.25) is 10.0 Å². The van der Waals surface area contributed by atoms with E-state index in [1.807, 2.05) is 13.0 Å². The van der Waals surface area contributed by atoms with Gasteiger partial charge in [-0.15, -0.1) is 0 Å². The minimum atomic E-state index is -0.245. The summed E-state index contributed by atoms with van der Waals surface area (Å²) in [6.07, 6.45) is 1.76. The van der Waals surface area contributed by atoms with Gasteiger partial charge in [-0.1, -0.05) is 29.3 Å². The first-order chi connectivity index (χ1) is 13.4. The summed E-state index contributed by atoms with van der Waals surface area (Å²) in [6, 6.07) is 8.81. The van der Waals surface area contributed by atoms with E-state index >= 15 is 0 Å².